The van der Waals surface area contributed by atoms with Gasteiger partial charge < -0.3 is 14.6 Å². The van der Waals surface area contributed by atoms with Gasteiger partial charge in [-0.3, -0.25) is 14.5 Å². The molecule has 1 N–H and O–H groups in total. The maximum atomic E-state index is 12.3. The SMILES string of the molecule is CC(=O)OCC1=C(C(=O)O)N2C(=O)/C(=C/C(=O)OC(C)(C)C)[C@H]2SC1. The first-order valence-electron chi connectivity index (χ1n) is 7.49. The molecule has 8 nitrogen and oxygen atoms in total. The Bertz CT molecular complexity index is 702. The minimum atomic E-state index is -1.28. The Morgan fingerprint density at radius 1 is 1.36 bits per heavy atom. The predicted octanol–water partition coefficient (Wildman–Crippen LogP) is 1.07. The molecule has 0 aliphatic carbocycles. The van der Waals surface area contributed by atoms with Crippen molar-refractivity contribution in [3.05, 3.63) is 22.9 Å². The molecule has 0 aromatic rings. The van der Waals surface area contributed by atoms with E-state index in [0.717, 1.165) is 11.0 Å². The number of carboxylic acids is 1. The van der Waals surface area contributed by atoms with E-state index in [2.05, 4.69) is 0 Å². The summed E-state index contributed by atoms with van der Waals surface area (Å²) in [6.45, 7) is 6.16. The van der Waals surface area contributed by atoms with Gasteiger partial charge in [0.2, 0.25) is 0 Å². The zero-order valence-electron chi connectivity index (χ0n) is 14.3. The van der Waals surface area contributed by atoms with Gasteiger partial charge >= 0.3 is 17.9 Å². The average molecular weight is 369 g/mol. The molecule has 2 rings (SSSR count). The molecule has 0 aromatic carbocycles. The fourth-order valence-electron chi connectivity index (χ4n) is 2.37. The summed E-state index contributed by atoms with van der Waals surface area (Å²) in [5, 5.41) is 8.86. The molecule has 1 saturated heterocycles. The van der Waals surface area contributed by atoms with Crippen molar-refractivity contribution >= 4 is 35.6 Å². The number of thioether (sulfide) groups is 1. The van der Waals surface area contributed by atoms with Gasteiger partial charge in [-0.15, -0.1) is 11.8 Å². The average Bonchev–Trinajstić information content (AvgIpc) is 2.47. The molecular formula is C16H19NO7S. The van der Waals surface area contributed by atoms with Crippen LogP contribution in [0, 0.1) is 0 Å². The van der Waals surface area contributed by atoms with Crippen LogP contribution in [0.1, 0.15) is 27.7 Å². The van der Waals surface area contributed by atoms with Crippen molar-refractivity contribution in [1.29, 1.82) is 0 Å². The summed E-state index contributed by atoms with van der Waals surface area (Å²) in [5.74, 6) is -2.76. The zero-order valence-corrected chi connectivity index (χ0v) is 15.1. The van der Waals surface area contributed by atoms with Crippen LogP contribution in [0.5, 0.6) is 0 Å². The van der Waals surface area contributed by atoms with E-state index in [9.17, 15) is 24.3 Å². The molecule has 9 heteroatoms. The molecule has 2 heterocycles. The number of carbonyl (C=O) groups is 4. The Morgan fingerprint density at radius 3 is 2.52 bits per heavy atom. The van der Waals surface area contributed by atoms with E-state index in [0.29, 0.717) is 5.57 Å². The van der Waals surface area contributed by atoms with Crippen molar-refractivity contribution in [3.63, 3.8) is 0 Å². The minimum absolute atomic E-state index is 0.189. The molecule has 25 heavy (non-hydrogen) atoms. The van der Waals surface area contributed by atoms with Crippen LogP contribution in [0.15, 0.2) is 22.9 Å². The number of β-lactam (4-membered cyclic amide) rings is 1. The van der Waals surface area contributed by atoms with Gasteiger partial charge in [0.25, 0.3) is 5.91 Å². The van der Waals surface area contributed by atoms with Crippen LogP contribution in [-0.4, -0.2) is 57.2 Å². The molecule has 0 radical (unpaired) electrons. The third-order valence-electron chi connectivity index (χ3n) is 3.29. The van der Waals surface area contributed by atoms with Gasteiger partial charge in [0.1, 0.15) is 23.3 Å². The van der Waals surface area contributed by atoms with Crippen molar-refractivity contribution in [2.75, 3.05) is 12.4 Å². The first-order chi connectivity index (χ1) is 11.5. The summed E-state index contributed by atoms with van der Waals surface area (Å²) in [6, 6.07) is 0. The molecule has 1 amide bonds. The standard InChI is InChI=1S/C16H19NO7S/c1-8(18)23-6-9-7-25-14-10(5-11(19)24-16(2,3)4)13(20)17(14)12(9)15(21)22/h5,14H,6-7H2,1-4H3,(H,21,22)/b10-5-/t14-/m1/s1. The molecule has 2 aliphatic heterocycles. The highest BCUT2D eigenvalue weighted by atomic mass is 32.2. The van der Waals surface area contributed by atoms with Gasteiger partial charge in [-0.2, -0.15) is 0 Å². The quantitative estimate of drug-likeness (QED) is 0.445. The van der Waals surface area contributed by atoms with E-state index >= 15 is 0 Å². The molecule has 136 valence electrons. The number of nitrogens with zero attached hydrogens (tertiary/aromatic N) is 1. The third kappa shape index (κ3) is 4.22. The summed E-state index contributed by atoms with van der Waals surface area (Å²) in [5.41, 5.74) is -0.349. The predicted molar refractivity (Wildman–Crippen MR) is 88.3 cm³/mol. The second kappa shape index (κ2) is 6.91. The summed E-state index contributed by atoms with van der Waals surface area (Å²) in [7, 11) is 0. The Kier molecular flexibility index (Phi) is 5.26. The molecule has 1 atom stereocenters. The van der Waals surface area contributed by atoms with E-state index in [-0.39, 0.29) is 23.6 Å². The smallest absolute Gasteiger partial charge is 0.352 e. The van der Waals surface area contributed by atoms with Gasteiger partial charge in [-0.05, 0) is 20.8 Å². The molecule has 0 bridgehead atoms. The number of hydrogen-bond donors (Lipinski definition) is 1. The van der Waals surface area contributed by atoms with Gasteiger partial charge in [-0.1, -0.05) is 0 Å². The highest BCUT2D eigenvalue weighted by Crippen LogP contribution is 2.43. The summed E-state index contributed by atoms with van der Waals surface area (Å²) >= 11 is 1.28. The third-order valence-corrected chi connectivity index (χ3v) is 4.59. The summed E-state index contributed by atoms with van der Waals surface area (Å²) < 4.78 is 10.0. The van der Waals surface area contributed by atoms with Crippen molar-refractivity contribution in [3.8, 4) is 0 Å². The summed E-state index contributed by atoms with van der Waals surface area (Å²) in [4.78, 5) is 47.8. The van der Waals surface area contributed by atoms with Gasteiger partial charge in [-0.25, -0.2) is 9.59 Å². The lowest BCUT2D eigenvalue weighted by molar-refractivity contribution is -0.149. The molecular weight excluding hydrogens is 350 g/mol. The molecule has 0 unspecified atom stereocenters. The lowest BCUT2D eigenvalue weighted by Gasteiger charge is -2.45. The molecule has 2 aliphatic rings. The Balaban J connectivity index is 2.22. The number of fused-ring (bicyclic) bond motifs is 1. The van der Waals surface area contributed by atoms with Gasteiger partial charge in [0, 0.05) is 24.3 Å². The monoisotopic (exact) mass is 369 g/mol. The van der Waals surface area contributed by atoms with Crippen molar-refractivity contribution in [2.45, 2.75) is 38.7 Å². The second-order valence-electron chi connectivity index (χ2n) is 6.51. The number of rotatable bonds is 4. The molecule has 1 fully saturated rings. The van der Waals surface area contributed by atoms with Crippen molar-refractivity contribution in [2.24, 2.45) is 0 Å². The second-order valence-corrected chi connectivity index (χ2v) is 7.58. The van der Waals surface area contributed by atoms with Gasteiger partial charge in [0.15, 0.2) is 0 Å². The van der Waals surface area contributed by atoms with Crippen LogP contribution >= 0.6 is 11.8 Å². The van der Waals surface area contributed by atoms with Crippen LogP contribution in [-0.2, 0) is 28.7 Å². The first-order valence-corrected chi connectivity index (χ1v) is 8.54. The van der Waals surface area contributed by atoms with Crippen LogP contribution in [0.2, 0.25) is 0 Å². The zero-order chi connectivity index (χ0) is 18.9. The lowest BCUT2D eigenvalue weighted by atomic mass is 10.0. The van der Waals surface area contributed by atoms with E-state index in [4.69, 9.17) is 9.47 Å². The minimum Gasteiger partial charge on any atom is -0.477 e. The maximum Gasteiger partial charge on any atom is 0.352 e. The largest absolute Gasteiger partial charge is 0.477 e. The van der Waals surface area contributed by atoms with Crippen LogP contribution in [0.3, 0.4) is 0 Å². The number of hydrogen-bond acceptors (Lipinski definition) is 7. The number of esters is 2. The Morgan fingerprint density at radius 2 is 2.00 bits per heavy atom. The number of ether oxygens (including phenoxy) is 2. The fourth-order valence-corrected chi connectivity index (χ4v) is 3.65. The topological polar surface area (TPSA) is 110 Å². The van der Waals surface area contributed by atoms with Crippen molar-refractivity contribution in [1.82, 2.24) is 4.90 Å². The van der Waals surface area contributed by atoms with E-state index < -0.39 is 34.8 Å². The Hall–Kier alpha value is -2.29. The molecule has 0 aromatic heterocycles. The van der Waals surface area contributed by atoms with Crippen LogP contribution in [0.25, 0.3) is 0 Å². The van der Waals surface area contributed by atoms with Crippen LogP contribution in [0.4, 0.5) is 0 Å². The van der Waals surface area contributed by atoms with E-state index in [1.54, 1.807) is 20.8 Å². The fraction of sp³-hybridized carbons (Fsp3) is 0.500. The maximum absolute atomic E-state index is 12.3. The van der Waals surface area contributed by atoms with E-state index in [1.807, 2.05) is 0 Å². The van der Waals surface area contributed by atoms with Crippen LogP contribution < -0.4 is 0 Å². The highest BCUT2D eigenvalue weighted by molar-refractivity contribution is 8.00. The molecule has 0 spiro atoms. The van der Waals surface area contributed by atoms with Gasteiger partial charge in [0.05, 0.1) is 5.57 Å². The van der Waals surface area contributed by atoms with E-state index in [1.165, 1.54) is 18.7 Å². The normalized spacial score (nSPS) is 21.6. The number of amides is 1. The lowest BCUT2D eigenvalue weighted by Crippen LogP contribution is -2.56. The number of aliphatic carboxylic acids is 1. The Labute approximate surface area is 148 Å². The summed E-state index contributed by atoms with van der Waals surface area (Å²) in [6.07, 6.45) is 1.11. The first kappa shape index (κ1) is 19.0. The number of carbonyl (C=O) groups excluding carboxylic acids is 3. The van der Waals surface area contributed by atoms with Crippen molar-refractivity contribution < 1.29 is 33.8 Å². The molecule has 0 saturated carbocycles. The highest BCUT2D eigenvalue weighted by Gasteiger charge is 2.50. The number of carboxylic acid groups (broad SMARTS) is 1.